The first-order valence-electron chi connectivity index (χ1n) is 9.83. The zero-order chi connectivity index (χ0) is 21.5. The number of hydrogen-bond acceptors (Lipinski definition) is 7. The Labute approximate surface area is 175 Å². The summed E-state index contributed by atoms with van der Waals surface area (Å²) in [6.07, 6.45) is -0.153. The molecule has 0 bridgehead atoms. The fraction of sp³-hybridized carbons (Fsp3) is 0.364. The topological polar surface area (TPSA) is 92.3 Å². The molecule has 160 valence electrons. The number of esters is 1. The van der Waals surface area contributed by atoms with Gasteiger partial charge in [-0.1, -0.05) is 6.92 Å². The number of hydrogen-bond donors (Lipinski definition) is 1. The lowest BCUT2D eigenvalue weighted by atomic mass is 10.2. The number of rotatable bonds is 9. The molecule has 0 aromatic heterocycles. The first-order valence-corrected chi connectivity index (χ1v) is 9.83. The van der Waals surface area contributed by atoms with Crippen molar-refractivity contribution < 1.29 is 33.3 Å². The number of benzene rings is 2. The number of ether oxygens (including phenoxy) is 5. The average Bonchev–Trinajstić information content (AvgIpc) is 3.20. The van der Waals surface area contributed by atoms with Gasteiger partial charge in [0.15, 0.2) is 29.1 Å². The molecule has 1 amide bonds. The van der Waals surface area contributed by atoms with E-state index in [4.69, 9.17) is 23.7 Å². The van der Waals surface area contributed by atoms with Crippen molar-refractivity contribution in [3.05, 3.63) is 42.0 Å². The van der Waals surface area contributed by atoms with Crippen LogP contribution in [-0.4, -0.2) is 38.0 Å². The highest BCUT2D eigenvalue weighted by Crippen LogP contribution is 2.34. The number of amides is 1. The molecule has 0 aliphatic carbocycles. The van der Waals surface area contributed by atoms with Crippen LogP contribution in [0, 0.1) is 0 Å². The average molecular weight is 415 g/mol. The minimum Gasteiger partial charge on any atom is -0.490 e. The van der Waals surface area contributed by atoms with Crippen molar-refractivity contribution in [2.75, 3.05) is 25.3 Å². The summed E-state index contributed by atoms with van der Waals surface area (Å²) in [5.41, 5.74) is 0.785. The maximum atomic E-state index is 12.5. The number of anilines is 1. The van der Waals surface area contributed by atoms with Gasteiger partial charge >= 0.3 is 5.97 Å². The first kappa shape index (κ1) is 21.3. The second-order valence-corrected chi connectivity index (χ2v) is 6.55. The van der Waals surface area contributed by atoms with Gasteiger partial charge in [-0.25, -0.2) is 4.79 Å². The molecule has 2 aromatic carbocycles. The molecule has 0 saturated carbocycles. The van der Waals surface area contributed by atoms with Crippen molar-refractivity contribution in [1.82, 2.24) is 0 Å². The van der Waals surface area contributed by atoms with Gasteiger partial charge in [-0.2, -0.15) is 0 Å². The molecule has 0 radical (unpaired) electrons. The largest absolute Gasteiger partial charge is 0.490 e. The van der Waals surface area contributed by atoms with Crippen molar-refractivity contribution in [1.29, 1.82) is 0 Å². The van der Waals surface area contributed by atoms with Crippen molar-refractivity contribution in [2.24, 2.45) is 0 Å². The molecule has 8 nitrogen and oxygen atoms in total. The van der Waals surface area contributed by atoms with Gasteiger partial charge in [0.25, 0.3) is 5.91 Å². The summed E-state index contributed by atoms with van der Waals surface area (Å²) in [5, 5.41) is 2.70. The highest BCUT2D eigenvalue weighted by Gasteiger charge is 2.21. The van der Waals surface area contributed by atoms with Crippen LogP contribution in [0.3, 0.4) is 0 Å². The molecule has 1 aliphatic heterocycles. The van der Waals surface area contributed by atoms with E-state index in [1.54, 1.807) is 36.4 Å². The van der Waals surface area contributed by atoms with Crippen LogP contribution in [-0.2, 0) is 9.53 Å². The summed E-state index contributed by atoms with van der Waals surface area (Å²) in [4.78, 5) is 24.9. The van der Waals surface area contributed by atoms with Gasteiger partial charge in [0.1, 0.15) is 0 Å². The molecule has 0 spiro atoms. The third-order valence-electron chi connectivity index (χ3n) is 4.23. The quantitative estimate of drug-likeness (QED) is 0.623. The Morgan fingerprint density at radius 3 is 2.60 bits per heavy atom. The summed E-state index contributed by atoms with van der Waals surface area (Å²) in [6, 6.07) is 9.83. The minimum atomic E-state index is -1.01. The van der Waals surface area contributed by atoms with Gasteiger partial charge in [0.2, 0.25) is 6.79 Å². The van der Waals surface area contributed by atoms with Crippen LogP contribution in [0.5, 0.6) is 23.0 Å². The molecule has 0 unspecified atom stereocenters. The predicted octanol–water partition coefficient (Wildman–Crippen LogP) is 3.79. The van der Waals surface area contributed by atoms with E-state index in [-0.39, 0.29) is 12.4 Å². The highest BCUT2D eigenvalue weighted by molar-refractivity contribution is 5.97. The number of carbonyl (C=O) groups is 2. The Morgan fingerprint density at radius 1 is 1.03 bits per heavy atom. The van der Waals surface area contributed by atoms with Crippen LogP contribution in [0.25, 0.3) is 0 Å². The van der Waals surface area contributed by atoms with Gasteiger partial charge in [-0.15, -0.1) is 0 Å². The van der Waals surface area contributed by atoms with Crippen LogP contribution in [0.2, 0.25) is 0 Å². The molecule has 1 aliphatic rings. The van der Waals surface area contributed by atoms with Gasteiger partial charge < -0.3 is 29.0 Å². The fourth-order valence-electron chi connectivity index (χ4n) is 2.73. The maximum Gasteiger partial charge on any atom is 0.339 e. The van der Waals surface area contributed by atoms with Crippen LogP contribution < -0.4 is 24.3 Å². The second kappa shape index (κ2) is 9.87. The van der Waals surface area contributed by atoms with Crippen LogP contribution >= 0.6 is 0 Å². The smallest absolute Gasteiger partial charge is 0.339 e. The Morgan fingerprint density at radius 2 is 1.83 bits per heavy atom. The molecule has 1 N–H and O–H groups in total. The molecule has 0 saturated heterocycles. The van der Waals surface area contributed by atoms with E-state index in [1.165, 1.54) is 6.92 Å². The lowest BCUT2D eigenvalue weighted by Gasteiger charge is -2.15. The summed E-state index contributed by atoms with van der Waals surface area (Å²) in [5.74, 6) is 1.08. The number of fused-ring (bicyclic) bond motifs is 1. The second-order valence-electron chi connectivity index (χ2n) is 6.55. The van der Waals surface area contributed by atoms with E-state index in [1.807, 2.05) is 13.8 Å². The molecule has 1 heterocycles. The van der Waals surface area contributed by atoms with Crippen LogP contribution in [0.15, 0.2) is 36.4 Å². The van der Waals surface area contributed by atoms with Crippen molar-refractivity contribution in [3.63, 3.8) is 0 Å². The molecule has 3 rings (SSSR count). The molecular formula is C22H25NO7. The fourth-order valence-corrected chi connectivity index (χ4v) is 2.73. The SMILES string of the molecule is CCCOc1ccc(C(=O)O[C@H](C)C(=O)Nc2ccc3c(c2)OCO3)cc1OCC. The van der Waals surface area contributed by atoms with Gasteiger partial charge in [-0.05, 0) is 50.6 Å². The van der Waals surface area contributed by atoms with E-state index < -0.39 is 18.0 Å². The van der Waals surface area contributed by atoms with Crippen LogP contribution in [0.1, 0.15) is 37.6 Å². The standard InChI is InChI=1S/C22H25NO7/c1-4-10-27-17-8-6-15(11-19(17)26-5-2)22(25)30-14(3)21(24)23-16-7-9-18-20(12-16)29-13-28-18/h6-9,11-12,14H,4-5,10,13H2,1-3H3,(H,23,24)/t14-/m1/s1. The lowest BCUT2D eigenvalue weighted by molar-refractivity contribution is -0.123. The Balaban J connectivity index is 1.62. The Kier molecular flexibility index (Phi) is 7.00. The van der Waals surface area contributed by atoms with E-state index in [0.717, 1.165) is 6.42 Å². The third kappa shape index (κ3) is 5.14. The zero-order valence-corrected chi connectivity index (χ0v) is 17.2. The molecule has 0 fully saturated rings. The summed E-state index contributed by atoms with van der Waals surface area (Å²) >= 11 is 0. The van der Waals surface area contributed by atoms with Crippen molar-refractivity contribution in [2.45, 2.75) is 33.3 Å². The number of carbonyl (C=O) groups excluding carboxylic acids is 2. The molecule has 2 aromatic rings. The summed E-state index contributed by atoms with van der Waals surface area (Å²) < 4.78 is 27.0. The molecular weight excluding hydrogens is 390 g/mol. The third-order valence-corrected chi connectivity index (χ3v) is 4.23. The minimum absolute atomic E-state index is 0.146. The number of nitrogens with one attached hydrogen (secondary N) is 1. The maximum absolute atomic E-state index is 12.5. The van der Waals surface area contributed by atoms with Gasteiger partial charge in [0.05, 0.1) is 18.8 Å². The molecule has 30 heavy (non-hydrogen) atoms. The van der Waals surface area contributed by atoms with Crippen LogP contribution in [0.4, 0.5) is 5.69 Å². The van der Waals surface area contributed by atoms with E-state index >= 15 is 0 Å². The van der Waals surface area contributed by atoms with E-state index in [9.17, 15) is 9.59 Å². The lowest BCUT2D eigenvalue weighted by Crippen LogP contribution is -2.30. The molecule has 8 heteroatoms. The van der Waals surface area contributed by atoms with Crippen molar-refractivity contribution in [3.8, 4) is 23.0 Å². The van der Waals surface area contributed by atoms with E-state index in [0.29, 0.717) is 41.9 Å². The van der Waals surface area contributed by atoms with Gasteiger partial charge in [0, 0.05) is 11.8 Å². The first-order chi connectivity index (χ1) is 14.5. The monoisotopic (exact) mass is 415 g/mol. The summed E-state index contributed by atoms with van der Waals surface area (Å²) in [7, 11) is 0. The van der Waals surface area contributed by atoms with E-state index in [2.05, 4.69) is 5.32 Å². The Bertz CT molecular complexity index is 912. The summed E-state index contributed by atoms with van der Waals surface area (Å²) in [6.45, 7) is 6.46. The predicted molar refractivity (Wildman–Crippen MR) is 109 cm³/mol. The highest BCUT2D eigenvalue weighted by atomic mass is 16.7. The zero-order valence-electron chi connectivity index (χ0n) is 17.2. The molecule has 1 atom stereocenters. The van der Waals surface area contributed by atoms with Gasteiger partial charge in [-0.3, -0.25) is 4.79 Å². The Hall–Kier alpha value is -3.42. The van der Waals surface area contributed by atoms with Crippen molar-refractivity contribution >= 4 is 17.6 Å². The normalized spacial score (nSPS) is 12.8.